The van der Waals surface area contributed by atoms with Gasteiger partial charge < -0.3 is 24.8 Å². The van der Waals surface area contributed by atoms with E-state index >= 15 is 0 Å². The number of hydrogen-bond acceptors (Lipinski definition) is 6. The Bertz CT molecular complexity index is 827. The first-order valence-electron chi connectivity index (χ1n) is 8.44. The van der Waals surface area contributed by atoms with Gasteiger partial charge in [-0.05, 0) is 17.7 Å². The number of aromatic nitrogens is 2. The molecule has 1 aromatic carbocycles. The normalized spacial score (nSPS) is 27.8. The summed E-state index contributed by atoms with van der Waals surface area (Å²) in [5.41, 5.74) is -1.38. The van der Waals surface area contributed by atoms with Crippen molar-refractivity contribution >= 4 is 0 Å². The van der Waals surface area contributed by atoms with Gasteiger partial charge >= 0.3 is 6.18 Å². The summed E-state index contributed by atoms with van der Waals surface area (Å²) in [6.07, 6.45) is -14.6. The van der Waals surface area contributed by atoms with Crippen molar-refractivity contribution in [1.82, 2.24) is 10.2 Å². The van der Waals surface area contributed by atoms with Gasteiger partial charge in [-0.1, -0.05) is 12.1 Å². The maximum absolute atomic E-state index is 13.8. The predicted octanol–water partition coefficient (Wildman–Crippen LogP) is 1.31. The van der Waals surface area contributed by atoms with Crippen molar-refractivity contribution in [2.45, 2.75) is 43.4 Å². The summed E-state index contributed by atoms with van der Waals surface area (Å²) in [7, 11) is 0. The van der Waals surface area contributed by atoms with Crippen molar-refractivity contribution in [2.75, 3.05) is 6.61 Å². The van der Waals surface area contributed by atoms with Gasteiger partial charge in [0.1, 0.15) is 29.8 Å². The van der Waals surface area contributed by atoms with Gasteiger partial charge in [-0.3, -0.25) is 5.10 Å². The van der Waals surface area contributed by atoms with Gasteiger partial charge in [0, 0.05) is 6.42 Å². The Balaban J connectivity index is 1.90. The molecule has 2 aromatic rings. The summed E-state index contributed by atoms with van der Waals surface area (Å²) in [5, 5.41) is 34.0. The highest BCUT2D eigenvalue weighted by molar-refractivity contribution is 5.37. The number of ether oxygens (including phenoxy) is 2. The highest BCUT2D eigenvalue weighted by Gasteiger charge is 2.47. The summed E-state index contributed by atoms with van der Waals surface area (Å²) in [6, 6.07) is 4.69. The first kappa shape index (κ1) is 21.4. The van der Waals surface area contributed by atoms with Gasteiger partial charge in [0.25, 0.3) is 0 Å². The highest BCUT2D eigenvalue weighted by Crippen LogP contribution is 2.36. The van der Waals surface area contributed by atoms with Gasteiger partial charge in [0.15, 0.2) is 6.17 Å². The van der Waals surface area contributed by atoms with Crippen LogP contribution in [-0.4, -0.2) is 62.9 Å². The fourth-order valence-electron chi connectivity index (χ4n) is 2.90. The average molecular weight is 424 g/mol. The molecular formula is C17H17F5N2O5. The molecule has 0 spiro atoms. The molecule has 0 bridgehead atoms. The van der Waals surface area contributed by atoms with Gasteiger partial charge in [0.05, 0.1) is 12.2 Å². The minimum absolute atomic E-state index is 0.311. The highest BCUT2D eigenvalue weighted by atomic mass is 19.4. The Hall–Kier alpha value is -2.28. The molecule has 0 amide bonds. The van der Waals surface area contributed by atoms with Crippen LogP contribution in [0.15, 0.2) is 24.3 Å². The molecule has 12 heteroatoms. The number of nitrogens with zero attached hydrogens (tertiary/aromatic N) is 1. The molecule has 3 rings (SSSR count). The zero-order chi connectivity index (χ0) is 21.3. The summed E-state index contributed by atoms with van der Waals surface area (Å²) in [6.45, 7) is -0.860. The second-order valence-electron chi connectivity index (χ2n) is 6.45. The fourth-order valence-corrected chi connectivity index (χ4v) is 2.90. The Kier molecular flexibility index (Phi) is 6.08. The largest absolute Gasteiger partial charge is 0.443 e. The molecule has 5 atom stereocenters. The molecule has 1 aromatic heterocycles. The smallest absolute Gasteiger partial charge is 0.433 e. The number of aromatic amines is 1. The van der Waals surface area contributed by atoms with Crippen molar-refractivity contribution < 1.29 is 46.7 Å². The number of aliphatic hydroxyl groups excluding tert-OH is 3. The maximum Gasteiger partial charge on any atom is 0.433 e. The Morgan fingerprint density at radius 1 is 1.14 bits per heavy atom. The molecule has 4 N–H and O–H groups in total. The third-order valence-electron chi connectivity index (χ3n) is 4.43. The minimum atomic E-state index is -4.83. The molecule has 7 nitrogen and oxygen atoms in total. The molecule has 0 radical (unpaired) electrons. The van der Waals surface area contributed by atoms with Crippen molar-refractivity contribution in [2.24, 2.45) is 0 Å². The standard InChI is InChI=1S/C17H17F5N2O5/c18-8-3-1-7(2-4-8)5-9-14(17(20,21)22)23-24-15(9)29-16-13(27)12(26)11(19)10(6-25)28-16/h1-4,10-13,16,25-27H,5-6H2,(H,23,24). The zero-order valence-corrected chi connectivity index (χ0v) is 14.6. The lowest BCUT2D eigenvalue weighted by Gasteiger charge is -2.38. The minimum Gasteiger partial charge on any atom is -0.443 e. The number of hydrogen-bond donors (Lipinski definition) is 4. The van der Waals surface area contributed by atoms with Crippen LogP contribution in [0, 0.1) is 5.82 Å². The lowest BCUT2D eigenvalue weighted by atomic mass is 10.0. The molecule has 5 unspecified atom stereocenters. The van der Waals surface area contributed by atoms with E-state index in [0.29, 0.717) is 5.56 Å². The zero-order valence-electron chi connectivity index (χ0n) is 14.6. The van der Waals surface area contributed by atoms with E-state index in [4.69, 9.17) is 14.6 Å². The molecule has 1 fully saturated rings. The van der Waals surface area contributed by atoms with E-state index in [2.05, 4.69) is 5.10 Å². The van der Waals surface area contributed by atoms with Crippen LogP contribution in [0.1, 0.15) is 16.8 Å². The van der Waals surface area contributed by atoms with Crippen LogP contribution in [-0.2, 0) is 17.3 Å². The third kappa shape index (κ3) is 4.50. The molecule has 1 aliphatic heterocycles. The van der Waals surface area contributed by atoms with Crippen LogP contribution in [0.2, 0.25) is 0 Å². The van der Waals surface area contributed by atoms with Crippen LogP contribution in [0.3, 0.4) is 0 Å². The van der Waals surface area contributed by atoms with Gasteiger partial charge in [-0.25, -0.2) is 8.78 Å². The van der Waals surface area contributed by atoms with Crippen molar-refractivity contribution in [3.8, 4) is 5.88 Å². The van der Waals surface area contributed by atoms with Crippen molar-refractivity contribution in [3.05, 3.63) is 46.9 Å². The SMILES string of the molecule is OCC1OC(Oc2n[nH]c(C(F)(F)F)c2Cc2ccc(F)cc2)C(O)C(O)C1F. The molecule has 0 aliphatic carbocycles. The fraction of sp³-hybridized carbons (Fsp3) is 0.471. The molecule has 2 heterocycles. The molecule has 0 saturated carbocycles. The topological polar surface area (TPSA) is 108 Å². The molecule has 29 heavy (non-hydrogen) atoms. The molecular weight excluding hydrogens is 407 g/mol. The van der Waals surface area contributed by atoms with Crippen LogP contribution in [0.5, 0.6) is 5.88 Å². The van der Waals surface area contributed by atoms with E-state index in [1.165, 1.54) is 12.1 Å². The van der Waals surface area contributed by atoms with Crippen molar-refractivity contribution in [1.29, 1.82) is 0 Å². The van der Waals surface area contributed by atoms with Gasteiger partial charge in [0.2, 0.25) is 12.2 Å². The van der Waals surface area contributed by atoms with Gasteiger partial charge in [-0.15, -0.1) is 5.10 Å². The monoisotopic (exact) mass is 424 g/mol. The first-order valence-corrected chi connectivity index (χ1v) is 8.44. The van der Waals surface area contributed by atoms with Crippen LogP contribution >= 0.6 is 0 Å². The Labute approximate surface area is 160 Å². The van der Waals surface area contributed by atoms with Gasteiger partial charge in [-0.2, -0.15) is 13.2 Å². The van der Waals surface area contributed by atoms with E-state index in [1.54, 1.807) is 5.10 Å². The van der Waals surface area contributed by atoms with E-state index in [9.17, 15) is 32.2 Å². The number of nitrogens with one attached hydrogen (secondary N) is 1. The van der Waals surface area contributed by atoms with Crippen molar-refractivity contribution in [3.63, 3.8) is 0 Å². The molecule has 160 valence electrons. The second-order valence-corrected chi connectivity index (χ2v) is 6.45. The molecule has 1 aliphatic rings. The van der Waals surface area contributed by atoms with Crippen LogP contribution in [0.4, 0.5) is 22.0 Å². The summed E-state index contributed by atoms with van der Waals surface area (Å²) < 4.78 is 77.0. The second kappa shape index (κ2) is 8.22. The number of H-pyrrole nitrogens is 1. The third-order valence-corrected chi connectivity index (χ3v) is 4.43. The number of alkyl halides is 4. The maximum atomic E-state index is 13.8. The first-order chi connectivity index (χ1) is 13.6. The number of rotatable bonds is 5. The van der Waals surface area contributed by atoms with E-state index in [0.717, 1.165) is 12.1 Å². The summed E-state index contributed by atoms with van der Waals surface area (Å²) in [4.78, 5) is 0. The van der Waals surface area contributed by atoms with E-state index < -0.39 is 66.5 Å². The lowest BCUT2D eigenvalue weighted by Crippen LogP contribution is -2.58. The summed E-state index contributed by atoms with van der Waals surface area (Å²) >= 11 is 0. The quantitative estimate of drug-likeness (QED) is 0.540. The van der Waals surface area contributed by atoms with E-state index in [1.807, 2.05) is 0 Å². The predicted molar refractivity (Wildman–Crippen MR) is 86.1 cm³/mol. The van der Waals surface area contributed by atoms with E-state index in [-0.39, 0.29) is 6.42 Å². The lowest BCUT2D eigenvalue weighted by molar-refractivity contribution is -0.265. The van der Waals surface area contributed by atoms with Crippen LogP contribution in [0.25, 0.3) is 0 Å². The number of halogens is 5. The number of aliphatic hydroxyl groups is 3. The number of benzene rings is 1. The Morgan fingerprint density at radius 3 is 2.38 bits per heavy atom. The molecule has 1 saturated heterocycles. The summed E-state index contributed by atoms with van der Waals surface area (Å²) in [5.74, 6) is -1.18. The van der Waals surface area contributed by atoms with Crippen LogP contribution < -0.4 is 4.74 Å². The Morgan fingerprint density at radius 2 is 1.79 bits per heavy atom. The average Bonchev–Trinajstić information content (AvgIpc) is 3.06.